The lowest BCUT2D eigenvalue weighted by atomic mass is 10.1. The molecule has 31 heavy (non-hydrogen) atoms. The molecule has 1 aromatic carbocycles. The van der Waals surface area contributed by atoms with E-state index in [2.05, 4.69) is 20.3 Å². The zero-order valence-electron chi connectivity index (χ0n) is 16.8. The topological polar surface area (TPSA) is 126 Å². The van der Waals surface area contributed by atoms with Crippen molar-refractivity contribution in [3.63, 3.8) is 0 Å². The Balaban J connectivity index is 1.74. The number of aromatic amines is 1. The van der Waals surface area contributed by atoms with E-state index in [4.69, 9.17) is 21.6 Å². The molecule has 3 aromatic rings. The molecule has 2 aromatic heterocycles. The lowest BCUT2D eigenvalue weighted by molar-refractivity contribution is 0.455. The van der Waals surface area contributed by atoms with Gasteiger partial charge in [-0.15, -0.1) is 0 Å². The van der Waals surface area contributed by atoms with Crippen LogP contribution in [0, 0.1) is 25.2 Å². The van der Waals surface area contributed by atoms with Crippen LogP contribution in [0.4, 0.5) is 5.95 Å². The molecular weight excluding hydrogens is 420 g/mol. The van der Waals surface area contributed by atoms with Crippen LogP contribution in [0.1, 0.15) is 16.7 Å². The van der Waals surface area contributed by atoms with Crippen LogP contribution in [-0.4, -0.2) is 26.1 Å². The maximum absolute atomic E-state index is 11.7. The van der Waals surface area contributed by atoms with Crippen LogP contribution in [0.3, 0.4) is 0 Å². The largest absolute Gasteiger partial charge is 0.438 e. The molecule has 0 saturated carbocycles. The highest BCUT2D eigenvalue weighted by molar-refractivity contribution is 6.29. The Morgan fingerprint density at radius 2 is 2.00 bits per heavy atom. The predicted octanol–water partition coefficient (Wildman–Crippen LogP) is 3.04. The Kier molecular flexibility index (Phi) is 6.85. The molecule has 2 N–H and O–H groups in total. The number of aryl methyl sites for hydroxylation is 2. The number of nitrogens with zero attached hydrogens (tertiary/aromatic N) is 4. The van der Waals surface area contributed by atoms with Gasteiger partial charge in [-0.2, -0.15) is 10.2 Å². The molecule has 0 fully saturated rings. The fourth-order valence-corrected chi connectivity index (χ4v) is 3.09. The second-order valence-corrected chi connectivity index (χ2v) is 7.02. The highest BCUT2D eigenvalue weighted by Gasteiger charge is 2.11. The Morgan fingerprint density at radius 3 is 2.68 bits per heavy atom. The van der Waals surface area contributed by atoms with Gasteiger partial charge in [0.05, 0.1) is 6.07 Å². The Morgan fingerprint density at radius 1 is 1.26 bits per heavy atom. The van der Waals surface area contributed by atoms with Crippen molar-refractivity contribution in [1.29, 1.82) is 5.26 Å². The molecular formula is C21H19ClN6O3. The molecule has 0 atom stereocenters. The first-order valence-electron chi connectivity index (χ1n) is 9.29. The van der Waals surface area contributed by atoms with Gasteiger partial charge in [-0.3, -0.25) is 14.3 Å². The van der Waals surface area contributed by atoms with Crippen molar-refractivity contribution >= 4 is 23.6 Å². The molecule has 0 radical (unpaired) electrons. The number of nitriles is 1. The first kappa shape index (κ1) is 21.8. The van der Waals surface area contributed by atoms with Crippen molar-refractivity contribution in [2.45, 2.75) is 20.4 Å². The summed E-state index contributed by atoms with van der Waals surface area (Å²) in [5.74, 6) is 1.13. The van der Waals surface area contributed by atoms with Crippen molar-refractivity contribution in [1.82, 2.24) is 19.5 Å². The maximum atomic E-state index is 11.7. The normalized spacial score (nSPS) is 10.8. The molecule has 0 aliphatic heterocycles. The predicted molar refractivity (Wildman–Crippen MR) is 117 cm³/mol. The minimum absolute atomic E-state index is 0.192. The van der Waals surface area contributed by atoms with Crippen LogP contribution in [0.25, 0.3) is 6.08 Å². The molecule has 0 saturated heterocycles. The summed E-state index contributed by atoms with van der Waals surface area (Å²) in [6.07, 6.45) is 4.55. The SMILES string of the molecule is Cc1cc(/C=C/C#N)cc(C)c1Oc1cc(Cl)nc(NCCn2ccc(=O)[nH]c2=O)n1. The van der Waals surface area contributed by atoms with Gasteiger partial charge in [0.15, 0.2) is 0 Å². The van der Waals surface area contributed by atoms with Gasteiger partial charge in [-0.1, -0.05) is 11.6 Å². The molecule has 9 nitrogen and oxygen atoms in total. The first-order chi connectivity index (χ1) is 14.9. The quantitative estimate of drug-likeness (QED) is 0.429. The molecule has 0 spiro atoms. The molecule has 158 valence electrons. The van der Waals surface area contributed by atoms with Gasteiger partial charge in [0.2, 0.25) is 11.8 Å². The van der Waals surface area contributed by atoms with E-state index in [0.29, 0.717) is 12.3 Å². The number of benzene rings is 1. The van der Waals surface area contributed by atoms with Crippen molar-refractivity contribution in [2.24, 2.45) is 0 Å². The second-order valence-electron chi connectivity index (χ2n) is 6.63. The van der Waals surface area contributed by atoms with E-state index in [1.807, 2.05) is 32.0 Å². The lowest BCUT2D eigenvalue weighted by Crippen LogP contribution is -2.30. The van der Waals surface area contributed by atoms with Crippen LogP contribution < -0.4 is 21.3 Å². The third kappa shape index (κ3) is 5.81. The Bertz CT molecular complexity index is 1270. The zero-order valence-corrected chi connectivity index (χ0v) is 17.6. The van der Waals surface area contributed by atoms with Crippen LogP contribution in [-0.2, 0) is 6.54 Å². The average molecular weight is 439 g/mol. The number of anilines is 1. The van der Waals surface area contributed by atoms with Gasteiger partial charge < -0.3 is 10.1 Å². The molecule has 3 rings (SSSR count). The molecule has 0 amide bonds. The van der Waals surface area contributed by atoms with Crippen LogP contribution >= 0.6 is 11.6 Å². The molecule has 10 heteroatoms. The van der Waals surface area contributed by atoms with Crippen molar-refractivity contribution in [2.75, 3.05) is 11.9 Å². The van der Waals surface area contributed by atoms with Crippen LogP contribution in [0.15, 0.2) is 46.1 Å². The number of rotatable bonds is 7. The number of hydrogen-bond acceptors (Lipinski definition) is 7. The number of nitrogens with one attached hydrogen (secondary N) is 2. The number of halogens is 1. The summed E-state index contributed by atoms with van der Waals surface area (Å²) in [7, 11) is 0. The third-order valence-corrected chi connectivity index (χ3v) is 4.44. The Labute approximate surface area is 182 Å². The van der Waals surface area contributed by atoms with Gasteiger partial charge in [0, 0.05) is 37.5 Å². The van der Waals surface area contributed by atoms with E-state index in [9.17, 15) is 9.59 Å². The summed E-state index contributed by atoms with van der Waals surface area (Å²) >= 11 is 6.11. The van der Waals surface area contributed by atoms with Gasteiger partial charge in [-0.05, 0) is 48.7 Å². The van der Waals surface area contributed by atoms with Crippen LogP contribution in [0.5, 0.6) is 11.6 Å². The molecule has 2 heterocycles. The van der Waals surface area contributed by atoms with E-state index in [1.54, 1.807) is 6.08 Å². The third-order valence-electron chi connectivity index (χ3n) is 4.24. The van der Waals surface area contributed by atoms with Crippen LogP contribution in [0.2, 0.25) is 5.15 Å². The summed E-state index contributed by atoms with van der Waals surface area (Å²) < 4.78 is 7.31. The van der Waals surface area contributed by atoms with Crippen molar-refractivity contribution in [3.05, 3.63) is 79.2 Å². The summed E-state index contributed by atoms with van der Waals surface area (Å²) in [5.41, 5.74) is 1.70. The van der Waals surface area contributed by atoms with Gasteiger partial charge in [0.25, 0.3) is 5.56 Å². The highest BCUT2D eigenvalue weighted by atomic mass is 35.5. The average Bonchev–Trinajstić information content (AvgIpc) is 2.70. The number of hydrogen-bond donors (Lipinski definition) is 2. The lowest BCUT2D eigenvalue weighted by Gasteiger charge is -2.13. The van der Waals surface area contributed by atoms with Crippen molar-refractivity contribution in [3.8, 4) is 17.7 Å². The fourth-order valence-electron chi connectivity index (χ4n) is 2.92. The standard InChI is InChI=1S/C21H19ClN6O3/c1-13-10-15(4-3-6-23)11-14(2)19(13)31-18-12-16(22)25-20(27-18)24-7-9-28-8-5-17(29)26-21(28)30/h3-5,8,10-12H,7,9H2,1-2H3,(H,24,25,27)(H,26,29,30)/b4-3+. The molecule has 0 aliphatic carbocycles. The minimum atomic E-state index is -0.496. The number of aromatic nitrogens is 4. The first-order valence-corrected chi connectivity index (χ1v) is 9.67. The number of ether oxygens (including phenoxy) is 1. The van der Waals surface area contributed by atoms with E-state index in [1.165, 1.54) is 29.0 Å². The smallest absolute Gasteiger partial charge is 0.328 e. The van der Waals surface area contributed by atoms with E-state index >= 15 is 0 Å². The van der Waals surface area contributed by atoms with E-state index in [0.717, 1.165) is 16.7 Å². The fraction of sp³-hybridized carbons (Fsp3) is 0.190. The summed E-state index contributed by atoms with van der Waals surface area (Å²) in [5, 5.41) is 11.9. The molecule has 0 unspecified atom stereocenters. The zero-order chi connectivity index (χ0) is 22.4. The summed E-state index contributed by atoms with van der Waals surface area (Å²) in [6, 6.07) is 8.55. The van der Waals surface area contributed by atoms with E-state index < -0.39 is 11.2 Å². The van der Waals surface area contributed by atoms with Crippen molar-refractivity contribution < 1.29 is 4.74 Å². The maximum Gasteiger partial charge on any atom is 0.328 e. The number of allylic oxidation sites excluding steroid dienone is 1. The monoisotopic (exact) mass is 438 g/mol. The number of H-pyrrole nitrogens is 1. The molecule has 0 aliphatic rings. The second kappa shape index (κ2) is 9.73. The van der Waals surface area contributed by atoms with Gasteiger partial charge >= 0.3 is 5.69 Å². The molecule has 0 bridgehead atoms. The van der Waals surface area contributed by atoms with E-state index in [-0.39, 0.29) is 23.5 Å². The van der Waals surface area contributed by atoms with Gasteiger partial charge in [0.1, 0.15) is 10.9 Å². The summed E-state index contributed by atoms with van der Waals surface area (Å²) in [4.78, 5) is 33.5. The minimum Gasteiger partial charge on any atom is -0.438 e. The summed E-state index contributed by atoms with van der Waals surface area (Å²) in [6.45, 7) is 4.41. The highest BCUT2D eigenvalue weighted by Crippen LogP contribution is 2.30. The Hall–Kier alpha value is -3.90. The van der Waals surface area contributed by atoms with Gasteiger partial charge in [-0.25, -0.2) is 9.78 Å².